The lowest BCUT2D eigenvalue weighted by Crippen LogP contribution is -2.12. The molecule has 3 nitrogen and oxygen atoms in total. The first-order valence-electron chi connectivity index (χ1n) is 6.50. The summed E-state index contributed by atoms with van der Waals surface area (Å²) in [7, 11) is 0. The third-order valence-corrected chi connectivity index (χ3v) is 4.27. The standard InChI is InChI=1S/C15H16N2OS/c1-11-2-4-12(5-3-11)10-19-15-16-14(18)8-9-17(15)13-6-7-13/h2-5,8-9,13H,6-7,10H2,1H3. The average Bonchev–Trinajstić information content (AvgIpc) is 3.23. The van der Waals surface area contributed by atoms with Gasteiger partial charge < -0.3 is 4.57 Å². The molecule has 98 valence electrons. The van der Waals surface area contributed by atoms with Gasteiger partial charge in [0.25, 0.3) is 5.56 Å². The summed E-state index contributed by atoms with van der Waals surface area (Å²) in [6.07, 6.45) is 4.27. The monoisotopic (exact) mass is 272 g/mol. The molecule has 0 N–H and O–H groups in total. The summed E-state index contributed by atoms with van der Waals surface area (Å²) in [5.74, 6) is 0.851. The van der Waals surface area contributed by atoms with Crippen molar-refractivity contribution in [2.75, 3.05) is 0 Å². The highest BCUT2D eigenvalue weighted by Crippen LogP contribution is 2.37. The van der Waals surface area contributed by atoms with Gasteiger partial charge in [-0.25, -0.2) is 0 Å². The molecule has 1 aromatic heterocycles. The van der Waals surface area contributed by atoms with Gasteiger partial charge in [0.05, 0.1) is 0 Å². The Morgan fingerprint density at radius 2 is 2.00 bits per heavy atom. The van der Waals surface area contributed by atoms with Crippen LogP contribution in [0.25, 0.3) is 0 Å². The zero-order chi connectivity index (χ0) is 13.2. The van der Waals surface area contributed by atoms with Gasteiger partial charge in [0.15, 0.2) is 5.16 Å². The van der Waals surface area contributed by atoms with Crippen molar-refractivity contribution in [2.45, 2.75) is 36.7 Å². The lowest BCUT2D eigenvalue weighted by Gasteiger charge is -2.10. The van der Waals surface area contributed by atoms with Crippen molar-refractivity contribution < 1.29 is 0 Å². The Morgan fingerprint density at radius 3 is 2.68 bits per heavy atom. The van der Waals surface area contributed by atoms with E-state index in [0.29, 0.717) is 6.04 Å². The highest BCUT2D eigenvalue weighted by atomic mass is 32.2. The highest BCUT2D eigenvalue weighted by molar-refractivity contribution is 7.98. The van der Waals surface area contributed by atoms with Crippen molar-refractivity contribution in [1.82, 2.24) is 9.55 Å². The fourth-order valence-electron chi connectivity index (χ4n) is 1.97. The molecular weight excluding hydrogens is 256 g/mol. The van der Waals surface area contributed by atoms with E-state index in [0.717, 1.165) is 10.9 Å². The van der Waals surface area contributed by atoms with Crippen molar-refractivity contribution >= 4 is 11.8 Å². The van der Waals surface area contributed by atoms with Crippen LogP contribution in [0.15, 0.2) is 46.5 Å². The molecule has 1 aliphatic carbocycles. The second-order valence-electron chi connectivity index (χ2n) is 4.96. The van der Waals surface area contributed by atoms with Crippen LogP contribution in [0.4, 0.5) is 0 Å². The summed E-state index contributed by atoms with van der Waals surface area (Å²) < 4.78 is 2.14. The largest absolute Gasteiger partial charge is 0.324 e. The number of aryl methyl sites for hydroxylation is 1. The first-order valence-corrected chi connectivity index (χ1v) is 7.48. The zero-order valence-electron chi connectivity index (χ0n) is 10.9. The fourth-order valence-corrected chi connectivity index (χ4v) is 2.97. The number of aromatic nitrogens is 2. The Hall–Kier alpha value is -1.55. The minimum absolute atomic E-state index is 0.150. The normalized spacial score (nSPS) is 14.6. The molecule has 1 aromatic carbocycles. The summed E-state index contributed by atoms with van der Waals surface area (Å²) in [5.41, 5.74) is 2.38. The first-order chi connectivity index (χ1) is 9.22. The molecule has 0 saturated heterocycles. The Bertz CT molecular complexity index is 629. The molecule has 0 unspecified atom stereocenters. The second-order valence-corrected chi connectivity index (χ2v) is 5.90. The zero-order valence-corrected chi connectivity index (χ0v) is 11.7. The van der Waals surface area contributed by atoms with Crippen LogP contribution in [-0.4, -0.2) is 9.55 Å². The van der Waals surface area contributed by atoms with E-state index in [-0.39, 0.29) is 5.56 Å². The number of hydrogen-bond donors (Lipinski definition) is 0. The van der Waals surface area contributed by atoms with E-state index in [9.17, 15) is 4.79 Å². The summed E-state index contributed by atoms with van der Waals surface area (Å²) >= 11 is 1.64. The number of nitrogens with zero attached hydrogens (tertiary/aromatic N) is 2. The molecule has 0 atom stereocenters. The average molecular weight is 272 g/mol. The van der Waals surface area contributed by atoms with Crippen LogP contribution >= 0.6 is 11.8 Å². The number of rotatable bonds is 4. The van der Waals surface area contributed by atoms with Gasteiger partial charge in [-0.3, -0.25) is 4.79 Å². The number of thioether (sulfide) groups is 1. The van der Waals surface area contributed by atoms with E-state index in [4.69, 9.17) is 0 Å². The Kier molecular flexibility index (Phi) is 3.42. The van der Waals surface area contributed by atoms with E-state index in [1.165, 1.54) is 24.0 Å². The van der Waals surface area contributed by atoms with Gasteiger partial charge in [-0.2, -0.15) is 4.98 Å². The maximum absolute atomic E-state index is 11.4. The van der Waals surface area contributed by atoms with Crippen molar-refractivity contribution in [3.8, 4) is 0 Å². The molecule has 1 aliphatic rings. The summed E-state index contributed by atoms with van der Waals surface area (Å²) in [6.45, 7) is 2.08. The van der Waals surface area contributed by atoms with Gasteiger partial charge in [-0.15, -0.1) is 0 Å². The Labute approximate surface area is 116 Å². The minimum Gasteiger partial charge on any atom is -0.324 e. The Balaban J connectivity index is 1.77. The number of hydrogen-bond acceptors (Lipinski definition) is 3. The molecule has 19 heavy (non-hydrogen) atoms. The van der Waals surface area contributed by atoms with Crippen LogP contribution in [0.1, 0.15) is 30.0 Å². The van der Waals surface area contributed by atoms with Crippen molar-refractivity contribution in [1.29, 1.82) is 0 Å². The van der Waals surface area contributed by atoms with E-state index >= 15 is 0 Å². The van der Waals surface area contributed by atoms with Gasteiger partial charge >= 0.3 is 0 Å². The topological polar surface area (TPSA) is 34.9 Å². The molecule has 1 saturated carbocycles. The third kappa shape index (κ3) is 3.07. The van der Waals surface area contributed by atoms with Crippen LogP contribution < -0.4 is 5.56 Å². The van der Waals surface area contributed by atoms with Crippen LogP contribution in [0.5, 0.6) is 0 Å². The van der Waals surface area contributed by atoms with Gasteiger partial charge in [0, 0.05) is 24.1 Å². The summed E-state index contributed by atoms with van der Waals surface area (Å²) in [5, 5.41) is 0.843. The molecule has 0 amide bonds. The maximum Gasteiger partial charge on any atom is 0.273 e. The highest BCUT2D eigenvalue weighted by Gasteiger charge is 2.25. The van der Waals surface area contributed by atoms with Gasteiger partial charge in [0.2, 0.25) is 0 Å². The predicted molar refractivity (Wildman–Crippen MR) is 77.5 cm³/mol. The SMILES string of the molecule is Cc1ccc(CSc2nc(=O)ccn2C2CC2)cc1. The number of benzene rings is 1. The molecule has 1 heterocycles. The second kappa shape index (κ2) is 5.21. The van der Waals surface area contributed by atoms with Crippen LogP contribution in [-0.2, 0) is 5.75 Å². The maximum atomic E-state index is 11.4. The third-order valence-electron chi connectivity index (χ3n) is 3.23. The Morgan fingerprint density at radius 1 is 1.26 bits per heavy atom. The molecule has 2 aromatic rings. The van der Waals surface area contributed by atoms with E-state index in [2.05, 4.69) is 40.7 Å². The summed E-state index contributed by atoms with van der Waals surface area (Å²) in [4.78, 5) is 15.5. The quantitative estimate of drug-likeness (QED) is 0.633. The minimum atomic E-state index is -0.150. The summed E-state index contributed by atoms with van der Waals surface area (Å²) in [6, 6.07) is 10.6. The molecule has 4 heteroatoms. The van der Waals surface area contributed by atoms with Gasteiger partial charge in [-0.1, -0.05) is 41.6 Å². The van der Waals surface area contributed by atoms with Crippen LogP contribution in [0.3, 0.4) is 0 Å². The molecule has 3 rings (SSSR count). The predicted octanol–water partition coefficient (Wildman–Crippen LogP) is 3.18. The van der Waals surface area contributed by atoms with Crippen LogP contribution in [0, 0.1) is 6.92 Å². The molecule has 0 radical (unpaired) electrons. The van der Waals surface area contributed by atoms with Crippen molar-refractivity contribution in [2.24, 2.45) is 0 Å². The lowest BCUT2D eigenvalue weighted by atomic mass is 10.2. The molecule has 0 spiro atoms. The van der Waals surface area contributed by atoms with E-state index < -0.39 is 0 Å². The lowest BCUT2D eigenvalue weighted by molar-refractivity contribution is 0.624. The first kappa shape index (κ1) is 12.5. The van der Waals surface area contributed by atoms with Gasteiger partial charge in [0.1, 0.15) is 0 Å². The molecule has 0 aliphatic heterocycles. The van der Waals surface area contributed by atoms with Crippen LogP contribution in [0.2, 0.25) is 0 Å². The fraction of sp³-hybridized carbons (Fsp3) is 0.333. The van der Waals surface area contributed by atoms with Crippen molar-refractivity contribution in [3.05, 3.63) is 58.0 Å². The van der Waals surface area contributed by atoms with Crippen molar-refractivity contribution in [3.63, 3.8) is 0 Å². The van der Waals surface area contributed by atoms with Gasteiger partial charge in [-0.05, 0) is 25.3 Å². The molecular formula is C15H16N2OS. The smallest absolute Gasteiger partial charge is 0.273 e. The molecule has 1 fully saturated rings. The molecule has 0 bridgehead atoms. The van der Waals surface area contributed by atoms with E-state index in [1.807, 2.05) is 6.20 Å². The van der Waals surface area contributed by atoms with E-state index in [1.54, 1.807) is 17.8 Å².